The number of benzene rings is 4. The Labute approximate surface area is 240 Å². The van der Waals surface area contributed by atoms with Gasteiger partial charge < -0.3 is 16.0 Å². The first kappa shape index (κ1) is 28.8. The molecule has 0 heterocycles. The van der Waals surface area contributed by atoms with E-state index in [0.29, 0.717) is 16.9 Å². The molecular formula is C31H26N4O5S. The first-order valence-corrected chi connectivity index (χ1v) is 13.5. The normalized spacial score (nSPS) is 10.9. The smallest absolute Gasteiger partial charge is 0.276 e. The van der Waals surface area contributed by atoms with Crippen LogP contribution in [0.4, 0.5) is 17.1 Å². The predicted molar refractivity (Wildman–Crippen MR) is 161 cm³/mol. The molecule has 0 atom stereocenters. The minimum absolute atomic E-state index is 0.153. The van der Waals surface area contributed by atoms with Crippen molar-refractivity contribution in [1.29, 1.82) is 0 Å². The molecule has 0 aliphatic carbocycles. The number of carbonyl (C=O) groups is 3. The van der Waals surface area contributed by atoms with E-state index in [0.717, 1.165) is 10.5 Å². The molecule has 0 bridgehead atoms. The molecule has 4 aromatic carbocycles. The van der Waals surface area contributed by atoms with Crippen molar-refractivity contribution in [3.63, 3.8) is 0 Å². The molecule has 0 fully saturated rings. The highest BCUT2D eigenvalue weighted by molar-refractivity contribution is 8.00. The molecule has 0 aliphatic rings. The Morgan fingerprint density at radius 1 is 0.829 bits per heavy atom. The highest BCUT2D eigenvalue weighted by Crippen LogP contribution is 2.24. The molecule has 3 N–H and O–H groups in total. The van der Waals surface area contributed by atoms with Gasteiger partial charge in [-0.3, -0.25) is 24.5 Å². The van der Waals surface area contributed by atoms with Crippen molar-refractivity contribution < 1.29 is 19.3 Å². The number of rotatable bonds is 10. The van der Waals surface area contributed by atoms with Gasteiger partial charge >= 0.3 is 0 Å². The van der Waals surface area contributed by atoms with Crippen LogP contribution in [0, 0.1) is 17.0 Å². The Kier molecular flexibility index (Phi) is 9.63. The Morgan fingerprint density at radius 3 is 2.27 bits per heavy atom. The van der Waals surface area contributed by atoms with Crippen molar-refractivity contribution in [2.45, 2.75) is 11.8 Å². The Hall–Kier alpha value is -5.22. The number of thioether (sulfide) groups is 1. The second-order valence-electron chi connectivity index (χ2n) is 8.88. The fourth-order valence-electron chi connectivity index (χ4n) is 3.72. The Morgan fingerprint density at radius 2 is 1.54 bits per heavy atom. The average molecular weight is 567 g/mol. The third-order valence-corrected chi connectivity index (χ3v) is 6.75. The van der Waals surface area contributed by atoms with Crippen LogP contribution >= 0.6 is 11.8 Å². The van der Waals surface area contributed by atoms with Gasteiger partial charge in [0.25, 0.3) is 17.5 Å². The van der Waals surface area contributed by atoms with Crippen LogP contribution in [0.1, 0.15) is 21.5 Å². The van der Waals surface area contributed by atoms with Gasteiger partial charge in [0.15, 0.2) is 0 Å². The van der Waals surface area contributed by atoms with E-state index in [4.69, 9.17) is 0 Å². The largest absolute Gasteiger partial charge is 0.325 e. The minimum atomic E-state index is -0.674. The second kappa shape index (κ2) is 13.7. The topological polar surface area (TPSA) is 130 Å². The minimum Gasteiger partial charge on any atom is -0.325 e. The lowest BCUT2D eigenvalue weighted by atomic mass is 10.1. The predicted octanol–water partition coefficient (Wildman–Crippen LogP) is 6.04. The van der Waals surface area contributed by atoms with Crippen LogP contribution < -0.4 is 16.0 Å². The maximum absolute atomic E-state index is 13.3. The van der Waals surface area contributed by atoms with E-state index in [-0.39, 0.29) is 28.6 Å². The number of hydrogen-bond acceptors (Lipinski definition) is 6. The van der Waals surface area contributed by atoms with Crippen LogP contribution in [0.5, 0.6) is 0 Å². The number of para-hydroxylation sites is 1. The zero-order valence-electron chi connectivity index (χ0n) is 22.0. The van der Waals surface area contributed by atoms with Crippen LogP contribution in [-0.4, -0.2) is 28.4 Å². The van der Waals surface area contributed by atoms with E-state index in [1.54, 1.807) is 60.7 Å². The van der Waals surface area contributed by atoms with Crippen LogP contribution in [0.15, 0.2) is 114 Å². The van der Waals surface area contributed by atoms with Gasteiger partial charge in [-0.25, -0.2) is 0 Å². The van der Waals surface area contributed by atoms with Gasteiger partial charge in [0.05, 0.1) is 16.2 Å². The number of hydrogen-bond donors (Lipinski definition) is 3. The van der Waals surface area contributed by atoms with E-state index < -0.39 is 16.7 Å². The van der Waals surface area contributed by atoms with Crippen molar-refractivity contribution in [3.8, 4) is 0 Å². The highest BCUT2D eigenvalue weighted by Gasteiger charge is 2.18. The molecule has 0 saturated carbocycles. The number of nitro groups is 1. The molecule has 0 spiro atoms. The molecular weight excluding hydrogens is 540 g/mol. The maximum Gasteiger partial charge on any atom is 0.276 e. The molecule has 0 unspecified atom stereocenters. The molecule has 41 heavy (non-hydrogen) atoms. The molecule has 0 aliphatic heterocycles. The zero-order valence-corrected chi connectivity index (χ0v) is 22.8. The fourth-order valence-corrected chi connectivity index (χ4v) is 4.47. The Bertz CT molecular complexity index is 1600. The zero-order chi connectivity index (χ0) is 29.2. The van der Waals surface area contributed by atoms with E-state index in [2.05, 4.69) is 16.0 Å². The number of nitrogens with zero attached hydrogens (tertiary/aromatic N) is 1. The SMILES string of the molecule is Cc1ccc(NC(=O)CSc2cccc(NC(=O)/C(=C\c3ccccc3[N+](=O)[O-])NC(=O)c3ccccc3)c2)cc1. The van der Waals surface area contributed by atoms with Crippen LogP contribution in [0.2, 0.25) is 0 Å². The van der Waals surface area contributed by atoms with E-state index >= 15 is 0 Å². The van der Waals surface area contributed by atoms with Crippen LogP contribution in [0.3, 0.4) is 0 Å². The van der Waals surface area contributed by atoms with Gasteiger partial charge in [-0.15, -0.1) is 11.8 Å². The quantitative estimate of drug-likeness (QED) is 0.0928. The summed E-state index contributed by atoms with van der Waals surface area (Å²) in [5.41, 5.74) is 2.30. The molecule has 3 amide bonds. The summed E-state index contributed by atoms with van der Waals surface area (Å²) in [6.45, 7) is 1.97. The fraction of sp³-hybridized carbons (Fsp3) is 0.0645. The average Bonchev–Trinajstić information content (AvgIpc) is 2.97. The molecule has 9 nitrogen and oxygen atoms in total. The molecule has 4 aromatic rings. The summed E-state index contributed by atoms with van der Waals surface area (Å²) >= 11 is 1.29. The highest BCUT2D eigenvalue weighted by atomic mass is 32.2. The third kappa shape index (κ3) is 8.38. The lowest BCUT2D eigenvalue weighted by molar-refractivity contribution is -0.385. The summed E-state index contributed by atoms with van der Waals surface area (Å²) in [6, 6.07) is 28.6. The lowest BCUT2D eigenvalue weighted by Gasteiger charge is -2.12. The van der Waals surface area contributed by atoms with Gasteiger partial charge in [0, 0.05) is 27.9 Å². The van der Waals surface area contributed by atoms with Gasteiger partial charge in [0.2, 0.25) is 5.91 Å². The molecule has 0 saturated heterocycles. The molecule has 206 valence electrons. The summed E-state index contributed by atoms with van der Waals surface area (Å²) in [7, 11) is 0. The first-order chi connectivity index (χ1) is 19.8. The summed E-state index contributed by atoms with van der Waals surface area (Å²) in [5, 5.41) is 19.7. The lowest BCUT2D eigenvalue weighted by Crippen LogP contribution is -2.30. The summed E-state index contributed by atoms with van der Waals surface area (Å²) in [5.74, 6) is -1.24. The molecule has 0 radical (unpaired) electrons. The van der Waals surface area contributed by atoms with E-state index in [1.807, 2.05) is 31.2 Å². The number of amides is 3. The van der Waals surface area contributed by atoms with Crippen molar-refractivity contribution in [2.75, 3.05) is 16.4 Å². The van der Waals surface area contributed by atoms with Crippen molar-refractivity contribution >= 4 is 52.6 Å². The van der Waals surface area contributed by atoms with Gasteiger partial charge in [0.1, 0.15) is 5.70 Å². The third-order valence-electron chi connectivity index (χ3n) is 5.76. The molecule has 4 rings (SSSR count). The molecule has 10 heteroatoms. The van der Waals surface area contributed by atoms with E-state index in [9.17, 15) is 24.5 Å². The summed E-state index contributed by atoms with van der Waals surface area (Å²) in [6.07, 6.45) is 1.27. The summed E-state index contributed by atoms with van der Waals surface area (Å²) in [4.78, 5) is 50.3. The number of nitrogens with one attached hydrogen (secondary N) is 3. The van der Waals surface area contributed by atoms with Gasteiger partial charge in [-0.05, 0) is 61.5 Å². The van der Waals surface area contributed by atoms with Crippen molar-refractivity contribution in [2.24, 2.45) is 0 Å². The van der Waals surface area contributed by atoms with Gasteiger partial charge in [-0.2, -0.15) is 0 Å². The number of anilines is 2. The monoisotopic (exact) mass is 566 g/mol. The van der Waals surface area contributed by atoms with Gasteiger partial charge in [-0.1, -0.05) is 54.1 Å². The molecule has 0 aromatic heterocycles. The van der Waals surface area contributed by atoms with E-state index in [1.165, 1.54) is 36.0 Å². The van der Waals surface area contributed by atoms with Crippen molar-refractivity contribution in [1.82, 2.24) is 5.32 Å². The van der Waals surface area contributed by atoms with Crippen LogP contribution in [0.25, 0.3) is 6.08 Å². The number of aryl methyl sites for hydroxylation is 1. The Balaban J connectivity index is 1.49. The number of nitro benzene ring substituents is 1. The summed E-state index contributed by atoms with van der Waals surface area (Å²) < 4.78 is 0. The standard InChI is InChI=1S/C31H26N4O5S/c1-21-14-16-24(17-15-21)32-29(36)20-41-26-12-7-11-25(19-26)33-31(38)27(34-30(37)22-8-3-2-4-9-22)18-23-10-5-6-13-28(23)35(39)40/h2-19H,20H2,1H3,(H,32,36)(H,33,38)(H,34,37)/b27-18+. The number of carbonyl (C=O) groups excluding carboxylic acids is 3. The van der Waals surface area contributed by atoms with Crippen LogP contribution in [-0.2, 0) is 9.59 Å². The first-order valence-electron chi connectivity index (χ1n) is 12.5. The van der Waals surface area contributed by atoms with Crippen molar-refractivity contribution in [3.05, 3.63) is 136 Å². The maximum atomic E-state index is 13.3. The second-order valence-corrected chi connectivity index (χ2v) is 9.93.